The topological polar surface area (TPSA) is 53.6 Å². The molecule has 1 saturated heterocycles. The molecule has 0 aliphatic carbocycles. The summed E-state index contributed by atoms with van der Waals surface area (Å²) in [6.07, 6.45) is -3.46. The molecule has 158 valence electrons. The van der Waals surface area contributed by atoms with Crippen molar-refractivity contribution in [3.05, 3.63) is 34.9 Å². The smallest absolute Gasteiger partial charge is 0.416 e. The number of likely N-dealkylation sites (tertiary alicyclic amines) is 1. The van der Waals surface area contributed by atoms with Crippen molar-refractivity contribution in [2.45, 2.75) is 45.4 Å². The molecular weight excluding hydrogens is 403 g/mol. The number of alkyl halides is 3. The molecule has 1 aromatic rings. The quantitative estimate of drug-likeness (QED) is 0.718. The van der Waals surface area contributed by atoms with Crippen LogP contribution in [0, 0.1) is 0 Å². The van der Waals surface area contributed by atoms with Crippen LogP contribution < -0.4 is 15.4 Å². The van der Waals surface area contributed by atoms with Gasteiger partial charge in [-0.05, 0) is 57.6 Å². The maximum absolute atomic E-state index is 13.4. The summed E-state index contributed by atoms with van der Waals surface area (Å²) in [5, 5.41) is 6.48. The van der Waals surface area contributed by atoms with E-state index in [1.54, 1.807) is 4.90 Å². The van der Waals surface area contributed by atoms with Crippen LogP contribution in [0.2, 0.25) is 0 Å². The van der Waals surface area contributed by atoms with E-state index in [2.05, 4.69) is 10.6 Å². The fourth-order valence-corrected chi connectivity index (χ4v) is 3.86. The highest BCUT2D eigenvalue weighted by molar-refractivity contribution is 7.80. The Balaban J connectivity index is 2.15. The number of amides is 1. The Hall–Kier alpha value is -2.29. The highest BCUT2D eigenvalue weighted by atomic mass is 32.1. The number of nitrogens with zero attached hydrogens (tertiary/aromatic N) is 1. The molecule has 1 amide bonds. The van der Waals surface area contributed by atoms with Gasteiger partial charge in [-0.3, -0.25) is 4.79 Å². The van der Waals surface area contributed by atoms with Crippen molar-refractivity contribution in [3.63, 3.8) is 0 Å². The number of ether oxygens (including phenoxy) is 1. The van der Waals surface area contributed by atoms with Crippen molar-refractivity contribution in [2.24, 2.45) is 0 Å². The van der Waals surface area contributed by atoms with Gasteiger partial charge in [-0.2, -0.15) is 13.2 Å². The van der Waals surface area contributed by atoms with Gasteiger partial charge in [0.05, 0.1) is 11.3 Å². The highest BCUT2D eigenvalue weighted by Crippen LogP contribution is 2.45. The first-order chi connectivity index (χ1) is 13.5. The second-order valence-electron chi connectivity index (χ2n) is 7.51. The fourth-order valence-electron chi connectivity index (χ4n) is 3.65. The number of rotatable bonds is 4. The molecule has 3 rings (SSSR count). The average molecular weight is 427 g/mol. The summed E-state index contributed by atoms with van der Waals surface area (Å²) >= 11 is 5.23. The number of carbonyl (C=O) groups excluding carboxylic acids is 1. The molecule has 9 heteroatoms. The van der Waals surface area contributed by atoms with E-state index in [-0.39, 0.29) is 18.0 Å². The summed E-state index contributed by atoms with van der Waals surface area (Å²) in [6.45, 7) is 6.92. The summed E-state index contributed by atoms with van der Waals surface area (Å²) in [4.78, 5) is 14.1. The number of carbonyl (C=O) groups is 1. The standard InChI is InChI=1S/C20H24F3N3O2S/c1-4-24-18(29)25-11-14-17(26-9-5-6-16(26)27)13-10-12(20(21,22)23)7-8-15(13)28-19(14,2)3/h7-8,10H,4-6,9,11H2,1-3H3,(H2,24,25,29). The van der Waals surface area contributed by atoms with Crippen LogP contribution in [0.25, 0.3) is 5.70 Å². The first-order valence-electron chi connectivity index (χ1n) is 9.51. The second-order valence-corrected chi connectivity index (χ2v) is 7.92. The molecule has 1 fully saturated rings. The van der Waals surface area contributed by atoms with Gasteiger partial charge in [0.25, 0.3) is 0 Å². The van der Waals surface area contributed by atoms with Crippen LogP contribution in [0.3, 0.4) is 0 Å². The molecule has 29 heavy (non-hydrogen) atoms. The van der Waals surface area contributed by atoms with Crippen molar-refractivity contribution < 1.29 is 22.7 Å². The lowest BCUT2D eigenvalue weighted by molar-refractivity contribution is -0.137. The normalized spacial score (nSPS) is 18.4. The van der Waals surface area contributed by atoms with Crippen LogP contribution >= 0.6 is 12.2 Å². The summed E-state index contributed by atoms with van der Waals surface area (Å²) in [5.41, 5.74) is -0.170. The molecule has 2 aliphatic heterocycles. The van der Waals surface area contributed by atoms with Gasteiger partial charge in [0.15, 0.2) is 5.11 Å². The first kappa shape index (κ1) is 21.4. The molecule has 0 radical (unpaired) electrons. The van der Waals surface area contributed by atoms with Crippen LogP contribution in [0.15, 0.2) is 23.8 Å². The lowest BCUT2D eigenvalue weighted by Crippen LogP contribution is -2.45. The van der Waals surface area contributed by atoms with Crippen molar-refractivity contribution in [1.82, 2.24) is 15.5 Å². The van der Waals surface area contributed by atoms with Crippen molar-refractivity contribution >= 4 is 28.9 Å². The van der Waals surface area contributed by atoms with E-state index in [9.17, 15) is 18.0 Å². The van der Waals surface area contributed by atoms with E-state index < -0.39 is 17.3 Å². The maximum atomic E-state index is 13.4. The van der Waals surface area contributed by atoms with Crippen molar-refractivity contribution in [2.75, 3.05) is 19.6 Å². The summed E-state index contributed by atoms with van der Waals surface area (Å²) < 4.78 is 46.1. The van der Waals surface area contributed by atoms with Crippen LogP contribution in [-0.4, -0.2) is 41.2 Å². The van der Waals surface area contributed by atoms with Crippen LogP contribution in [-0.2, 0) is 11.0 Å². The summed E-state index contributed by atoms with van der Waals surface area (Å²) in [7, 11) is 0. The fraction of sp³-hybridized carbons (Fsp3) is 0.500. The highest BCUT2D eigenvalue weighted by Gasteiger charge is 2.41. The van der Waals surface area contributed by atoms with Gasteiger partial charge in [-0.1, -0.05) is 0 Å². The molecule has 2 heterocycles. The molecule has 2 aliphatic rings. The Morgan fingerprint density at radius 2 is 2.03 bits per heavy atom. The van der Waals surface area contributed by atoms with Gasteiger partial charge in [-0.15, -0.1) is 0 Å². The summed E-state index contributed by atoms with van der Waals surface area (Å²) in [6, 6.07) is 3.39. The molecule has 0 atom stereocenters. The number of hydrogen-bond donors (Lipinski definition) is 2. The maximum Gasteiger partial charge on any atom is 0.416 e. The third kappa shape index (κ3) is 4.34. The van der Waals surface area contributed by atoms with E-state index in [1.807, 2.05) is 20.8 Å². The third-order valence-corrected chi connectivity index (χ3v) is 5.33. The average Bonchev–Trinajstić information content (AvgIpc) is 3.03. The zero-order valence-electron chi connectivity index (χ0n) is 16.6. The van der Waals surface area contributed by atoms with Gasteiger partial charge >= 0.3 is 6.18 Å². The molecular formula is C20H24F3N3O2S. The van der Waals surface area contributed by atoms with E-state index in [0.717, 1.165) is 12.1 Å². The van der Waals surface area contributed by atoms with Gasteiger partial charge in [0.2, 0.25) is 5.91 Å². The molecule has 0 aromatic heterocycles. The third-order valence-electron chi connectivity index (χ3n) is 5.05. The molecule has 0 spiro atoms. The molecule has 0 unspecified atom stereocenters. The Labute approximate surface area is 173 Å². The number of benzene rings is 1. The number of thiocarbonyl (C=S) groups is 1. The SMILES string of the molecule is CCNC(=S)NCC1=C(N2CCCC2=O)c2cc(C(F)(F)F)ccc2OC1(C)C. The zero-order valence-corrected chi connectivity index (χ0v) is 17.4. The Kier molecular flexibility index (Phi) is 5.80. The molecule has 0 saturated carbocycles. The Bertz CT molecular complexity index is 865. The number of nitrogens with one attached hydrogen (secondary N) is 2. The minimum Gasteiger partial charge on any atom is -0.483 e. The van der Waals surface area contributed by atoms with Gasteiger partial charge < -0.3 is 20.3 Å². The molecule has 5 nitrogen and oxygen atoms in total. The zero-order chi connectivity index (χ0) is 21.4. The van der Waals surface area contributed by atoms with E-state index in [0.29, 0.717) is 48.1 Å². The molecule has 2 N–H and O–H groups in total. The monoisotopic (exact) mass is 427 g/mol. The molecule has 0 bridgehead atoms. The first-order valence-corrected chi connectivity index (χ1v) is 9.91. The minimum atomic E-state index is -4.49. The number of hydrogen-bond acceptors (Lipinski definition) is 3. The Morgan fingerprint density at radius 3 is 2.62 bits per heavy atom. The largest absolute Gasteiger partial charge is 0.483 e. The minimum absolute atomic E-state index is 0.104. The second kappa shape index (κ2) is 7.85. The van der Waals surface area contributed by atoms with Crippen molar-refractivity contribution in [3.8, 4) is 5.75 Å². The summed E-state index contributed by atoms with van der Waals surface area (Å²) in [5.74, 6) is 0.225. The van der Waals surface area contributed by atoms with E-state index >= 15 is 0 Å². The lowest BCUT2D eigenvalue weighted by atomic mass is 9.88. The number of halogens is 3. The van der Waals surface area contributed by atoms with Crippen LogP contribution in [0.4, 0.5) is 13.2 Å². The number of fused-ring (bicyclic) bond motifs is 1. The van der Waals surface area contributed by atoms with E-state index in [4.69, 9.17) is 17.0 Å². The van der Waals surface area contributed by atoms with Gasteiger partial charge in [-0.25, -0.2) is 0 Å². The predicted octanol–water partition coefficient (Wildman–Crippen LogP) is 3.69. The van der Waals surface area contributed by atoms with E-state index in [1.165, 1.54) is 6.07 Å². The molecule has 1 aromatic carbocycles. The van der Waals surface area contributed by atoms with Crippen molar-refractivity contribution in [1.29, 1.82) is 0 Å². The predicted molar refractivity (Wildman–Crippen MR) is 108 cm³/mol. The van der Waals surface area contributed by atoms with Crippen LogP contribution in [0.1, 0.15) is 44.7 Å². The van der Waals surface area contributed by atoms with Gasteiger partial charge in [0, 0.05) is 37.2 Å². The van der Waals surface area contributed by atoms with Crippen LogP contribution in [0.5, 0.6) is 5.75 Å². The lowest BCUT2D eigenvalue weighted by Gasteiger charge is -2.40. The van der Waals surface area contributed by atoms with Gasteiger partial charge in [0.1, 0.15) is 11.4 Å². The Morgan fingerprint density at radius 1 is 1.31 bits per heavy atom.